The zero-order valence-corrected chi connectivity index (χ0v) is 21.9. The molecule has 3 aromatic carbocycles. The summed E-state index contributed by atoms with van der Waals surface area (Å²) >= 11 is 6.70. The Kier molecular flexibility index (Phi) is 8.35. The summed E-state index contributed by atoms with van der Waals surface area (Å²) in [5, 5.41) is 10.9. The van der Waals surface area contributed by atoms with Crippen molar-refractivity contribution >= 4 is 46.3 Å². The number of halogens is 5. The number of carbonyl (C=O) groups excluding carboxylic acids is 2. The quantitative estimate of drug-likeness (QED) is 0.113. The smallest absolute Gasteiger partial charge is 0.416 e. The number of rotatable bonds is 8. The fourth-order valence-corrected chi connectivity index (χ4v) is 4.68. The van der Waals surface area contributed by atoms with E-state index in [-0.39, 0.29) is 34.6 Å². The minimum atomic E-state index is -4.78. The molecule has 1 heterocycles. The van der Waals surface area contributed by atoms with Crippen molar-refractivity contribution in [2.75, 3.05) is 6.61 Å². The fraction of sp³-hybridized carbons (Fsp3) is 0.154. The van der Waals surface area contributed by atoms with Crippen molar-refractivity contribution in [2.24, 2.45) is 0 Å². The van der Waals surface area contributed by atoms with E-state index in [0.29, 0.717) is 35.0 Å². The number of nitrogens with zero attached hydrogens (tertiary/aromatic N) is 2. The molecule has 0 saturated carbocycles. The zero-order chi connectivity index (χ0) is 29.2. The average Bonchev–Trinajstić information content (AvgIpc) is 3.13. The van der Waals surface area contributed by atoms with Crippen LogP contribution in [-0.2, 0) is 17.5 Å². The molecule has 0 unspecified atom stereocenters. The van der Waals surface area contributed by atoms with Gasteiger partial charge in [0.25, 0.3) is 11.1 Å². The molecule has 0 atom stereocenters. The monoisotopic (exact) mass is 596 g/mol. The molecule has 0 aromatic heterocycles. The van der Waals surface area contributed by atoms with Crippen LogP contribution < -0.4 is 9.47 Å². The van der Waals surface area contributed by atoms with E-state index in [1.165, 1.54) is 30.3 Å². The first-order valence-electron chi connectivity index (χ1n) is 11.4. The lowest BCUT2D eigenvalue weighted by Crippen LogP contribution is -2.27. The van der Waals surface area contributed by atoms with Crippen LogP contribution in [0, 0.1) is 15.9 Å². The maximum atomic E-state index is 13.3. The van der Waals surface area contributed by atoms with Crippen molar-refractivity contribution < 1.29 is 41.5 Å². The summed E-state index contributed by atoms with van der Waals surface area (Å²) in [5.74, 6) is -1.54. The molecule has 0 aliphatic carbocycles. The summed E-state index contributed by atoms with van der Waals surface area (Å²) in [6.07, 6.45) is -3.36. The van der Waals surface area contributed by atoms with Crippen LogP contribution in [0.3, 0.4) is 0 Å². The van der Waals surface area contributed by atoms with Crippen LogP contribution in [0.2, 0.25) is 5.02 Å². The van der Waals surface area contributed by atoms with Crippen molar-refractivity contribution in [3.63, 3.8) is 0 Å². The van der Waals surface area contributed by atoms with Gasteiger partial charge in [-0.25, -0.2) is 4.39 Å². The average molecular weight is 597 g/mol. The number of nitro benzene ring substituents is 1. The Morgan fingerprint density at radius 1 is 1.05 bits per heavy atom. The predicted octanol–water partition coefficient (Wildman–Crippen LogP) is 7.83. The van der Waals surface area contributed by atoms with Crippen LogP contribution in [0.25, 0.3) is 6.08 Å². The molecule has 40 heavy (non-hydrogen) atoms. The molecule has 0 radical (unpaired) electrons. The predicted molar refractivity (Wildman–Crippen MR) is 139 cm³/mol. The van der Waals surface area contributed by atoms with E-state index in [9.17, 15) is 37.3 Å². The van der Waals surface area contributed by atoms with E-state index in [1.807, 2.05) is 0 Å². The Labute approximate surface area is 233 Å². The number of benzene rings is 3. The van der Waals surface area contributed by atoms with E-state index in [4.69, 9.17) is 21.1 Å². The molecular formula is C26H17ClF4N2O6S. The van der Waals surface area contributed by atoms with Crippen LogP contribution in [0.5, 0.6) is 17.2 Å². The van der Waals surface area contributed by atoms with Crippen LogP contribution in [0.4, 0.5) is 28.0 Å². The Morgan fingerprint density at radius 3 is 2.42 bits per heavy atom. The van der Waals surface area contributed by atoms with Gasteiger partial charge in [0, 0.05) is 11.1 Å². The van der Waals surface area contributed by atoms with Gasteiger partial charge in [-0.1, -0.05) is 23.7 Å². The lowest BCUT2D eigenvalue weighted by molar-refractivity contribution is -0.385. The minimum Gasteiger partial charge on any atom is -0.490 e. The summed E-state index contributed by atoms with van der Waals surface area (Å²) in [6.45, 7) is 1.64. The van der Waals surface area contributed by atoms with Gasteiger partial charge in [-0.3, -0.25) is 24.6 Å². The van der Waals surface area contributed by atoms with Gasteiger partial charge in [0.1, 0.15) is 5.82 Å². The van der Waals surface area contributed by atoms with Crippen molar-refractivity contribution in [1.82, 2.24) is 4.90 Å². The van der Waals surface area contributed by atoms with Gasteiger partial charge in [-0.2, -0.15) is 13.2 Å². The van der Waals surface area contributed by atoms with Crippen molar-refractivity contribution in [3.05, 3.63) is 97.1 Å². The molecular weight excluding hydrogens is 580 g/mol. The number of ether oxygens (including phenoxy) is 2. The lowest BCUT2D eigenvalue weighted by atomic mass is 10.1. The summed E-state index contributed by atoms with van der Waals surface area (Å²) in [5.41, 5.74) is -1.31. The second-order valence-electron chi connectivity index (χ2n) is 8.18. The molecule has 1 aliphatic heterocycles. The maximum absolute atomic E-state index is 13.3. The van der Waals surface area contributed by atoms with Gasteiger partial charge in [0.05, 0.1) is 28.5 Å². The third kappa shape index (κ3) is 6.37. The van der Waals surface area contributed by atoms with Crippen molar-refractivity contribution in [1.29, 1.82) is 0 Å². The molecule has 1 fully saturated rings. The van der Waals surface area contributed by atoms with Crippen LogP contribution in [0.15, 0.2) is 59.5 Å². The lowest BCUT2D eigenvalue weighted by Gasteiger charge is -2.14. The van der Waals surface area contributed by atoms with Gasteiger partial charge in [0.2, 0.25) is 5.75 Å². The Balaban J connectivity index is 1.60. The molecule has 1 aliphatic rings. The van der Waals surface area contributed by atoms with E-state index >= 15 is 0 Å². The standard InChI is InChI=1S/C26H17ClF4N2O6S/c1-2-38-22-9-14(3-7-21(22)39-20-8-5-16(26(29,30)31)11-19(20)33(36)37)10-23-24(34)32(25(35)40-23)13-15-4-6-17(28)12-18(15)27/h3-12H,2,13H2,1H3/b23-10-. The van der Waals surface area contributed by atoms with Gasteiger partial charge in [0.15, 0.2) is 11.5 Å². The highest BCUT2D eigenvalue weighted by atomic mass is 35.5. The highest BCUT2D eigenvalue weighted by Crippen LogP contribution is 2.41. The molecule has 2 amide bonds. The van der Waals surface area contributed by atoms with Gasteiger partial charge in [-0.15, -0.1) is 0 Å². The summed E-state index contributed by atoms with van der Waals surface area (Å²) in [4.78, 5) is 36.9. The summed E-state index contributed by atoms with van der Waals surface area (Å²) < 4.78 is 63.5. The fourth-order valence-electron chi connectivity index (χ4n) is 3.62. The first-order chi connectivity index (χ1) is 18.9. The number of nitro groups is 1. The SMILES string of the molecule is CCOc1cc(/C=C2\SC(=O)N(Cc3ccc(F)cc3Cl)C2=O)ccc1Oc1ccc(C(F)(F)F)cc1[N+](=O)[O-]. The van der Waals surface area contributed by atoms with Gasteiger partial charge in [-0.05, 0) is 72.3 Å². The third-order valence-electron chi connectivity index (χ3n) is 5.49. The first kappa shape index (κ1) is 28.9. The van der Waals surface area contributed by atoms with Gasteiger partial charge < -0.3 is 9.47 Å². The van der Waals surface area contributed by atoms with E-state index in [2.05, 4.69) is 0 Å². The van der Waals surface area contributed by atoms with E-state index in [1.54, 1.807) is 6.92 Å². The highest BCUT2D eigenvalue weighted by Gasteiger charge is 2.36. The summed E-state index contributed by atoms with van der Waals surface area (Å²) in [6, 6.07) is 9.76. The Bertz CT molecular complexity index is 1550. The molecule has 0 spiro atoms. The molecule has 208 valence electrons. The zero-order valence-electron chi connectivity index (χ0n) is 20.3. The number of hydrogen-bond donors (Lipinski definition) is 0. The van der Waals surface area contributed by atoms with Crippen molar-refractivity contribution in [2.45, 2.75) is 19.6 Å². The second-order valence-corrected chi connectivity index (χ2v) is 9.58. The molecule has 0 N–H and O–H groups in total. The molecule has 4 rings (SSSR count). The van der Waals surface area contributed by atoms with E-state index < -0.39 is 45.1 Å². The number of carbonyl (C=O) groups is 2. The molecule has 1 saturated heterocycles. The number of thioether (sulfide) groups is 1. The number of hydrogen-bond acceptors (Lipinski definition) is 7. The Hall–Kier alpha value is -4.10. The topological polar surface area (TPSA) is 99.0 Å². The minimum absolute atomic E-state index is 0.0269. The first-order valence-corrected chi connectivity index (χ1v) is 12.6. The van der Waals surface area contributed by atoms with E-state index in [0.717, 1.165) is 23.1 Å². The largest absolute Gasteiger partial charge is 0.490 e. The van der Waals surface area contributed by atoms with Crippen LogP contribution in [-0.4, -0.2) is 27.6 Å². The molecule has 14 heteroatoms. The normalized spacial score (nSPS) is 14.7. The molecule has 8 nitrogen and oxygen atoms in total. The Morgan fingerprint density at radius 2 is 1.77 bits per heavy atom. The van der Waals surface area contributed by atoms with Gasteiger partial charge >= 0.3 is 11.9 Å². The molecule has 0 bridgehead atoms. The number of amides is 2. The maximum Gasteiger partial charge on any atom is 0.416 e. The number of imide groups is 1. The number of alkyl halides is 3. The third-order valence-corrected chi connectivity index (χ3v) is 6.74. The highest BCUT2D eigenvalue weighted by molar-refractivity contribution is 8.18. The van der Waals surface area contributed by atoms with Crippen molar-refractivity contribution in [3.8, 4) is 17.2 Å². The van der Waals surface area contributed by atoms with Crippen LogP contribution in [0.1, 0.15) is 23.6 Å². The summed E-state index contributed by atoms with van der Waals surface area (Å²) in [7, 11) is 0. The molecule has 3 aromatic rings. The van der Waals surface area contributed by atoms with Crippen LogP contribution >= 0.6 is 23.4 Å². The second kappa shape index (κ2) is 11.6.